The number of anilines is 1. The molecule has 29 heavy (non-hydrogen) atoms. The number of para-hydroxylation sites is 1. The number of halogens is 1. The van der Waals surface area contributed by atoms with E-state index in [0.29, 0.717) is 11.3 Å². The van der Waals surface area contributed by atoms with E-state index in [1.165, 1.54) is 23.1 Å². The van der Waals surface area contributed by atoms with Gasteiger partial charge in [0.2, 0.25) is 0 Å². The molecule has 0 saturated carbocycles. The topological polar surface area (TPSA) is 57.6 Å². The second kappa shape index (κ2) is 7.36. The highest BCUT2D eigenvalue weighted by Crippen LogP contribution is 2.43. The molecule has 1 N–H and O–H groups in total. The molecule has 1 aliphatic rings. The van der Waals surface area contributed by atoms with Gasteiger partial charge in [-0.15, -0.1) is 0 Å². The number of nitrogens with zero attached hydrogens (tertiary/aromatic N) is 1. The molecule has 1 amide bonds. The van der Waals surface area contributed by atoms with Crippen molar-refractivity contribution in [2.75, 3.05) is 4.90 Å². The van der Waals surface area contributed by atoms with Crippen LogP contribution in [0.4, 0.5) is 10.1 Å². The highest BCUT2D eigenvalue weighted by atomic mass is 19.1. The first kappa shape index (κ1) is 18.6. The van der Waals surface area contributed by atoms with Crippen molar-refractivity contribution in [1.82, 2.24) is 0 Å². The highest BCUT2D eigenvalue weighted by molar-refractivity contribution is 6.51. The lowest BCUT2D eigenvalue weighted by molar-refractivity contribution is -0.132. The fourth-order valence-corrected chi connectivity index (χ4v) is 3.66. The number of hydrogen-bond donors (Lipinski definition) is 1. The Morgan fingerprint density at radius 2 is 1.52 bits per heavy atom. The van der Waals surface area contributed by atoms with Crippen LogP contribution in [0, 0.1) is 12.7 Å². The molecule has 0 bridgehead atoms. The average molecular weight is 387 g/mol. The van der Waals surface area contributed by atoms with Gasteiger partial charge in [0.05, 0.1) is 11.6 Å². The Morgan fingerprint density at radius 1 is 0.897 bits per heavy atom. The molecule has 0 aromatic heterocycles. The van der Waals surface area contributed by atoms with Crippen molar-refractivity contribution < 1.29 is 19.1 Å². The number of carbonyl (C=O) groups excluding carboxylic acids is 2. The first-order chi connectivity index (χ1) is 14.0. The van der Waals surface area contributed by atoms with Gasteiger partial charge in [0.25, 0.3) is 11.7 Å². The molecule has 144 valence electrons. The summed E-state index contributed by atoms with van der Waals surface area (Å²) < 4.78 is 14.8. The zero-order valence-corrected chi connectivity index (χ0v) is 15.7. The summed E-state index contributed by atoms with van der Waals surface area (Å²) in [5, 5.41) is 10.9. The highest BCUT2D eigenvalue weighted by Gasteiger charge is 2.48. The van der Waals surface area contributed by atoms with Crippen LogP contribution in [0.25, 0.3) is 5.76 Å². The lowest BCUT2D eigenvalue weighted by Crippen LogP contribution is -2.30. The lowest BCUT2D eigenvalue weighted by atomic mass is 9.94. The van der Waals surface area contributed by atoms with Crippen LogP contribution < -0.4 is 4.90 Å². The summed E-state index contributed by atoms with van der Waals surface area (Å²) >= 11 is 0. The first-order valence-corrected chi connectivity index (χ1v) is 9.17. The zero-order valence-electron chi connectivity index (χ0n) is 15.7. The maximum Gasteiger partial charge on any atom is 0.300 e. The summed E-state index contributed by atoms with van der Waals surface area (Å²) in [6.07, 6.45) is 0. The van der Waals surface area contributed by atoms with E-state index in [1.807, 2.05) is 19.1 Å². The Hall–Kier alpha value is -3.73. The number of aliphatic hydroxyl groups excluding tert-OH is 1. The number of amides is 1. The molecule has 1 saturated heterocycles. The van der Waals surface area contributed by atoms with E-state index in [9.17, 15) is 19.1 Å². The molecule has 1 heterocycles. The van der Waals surface area contributed by atoms with Gasteiger partial charge < -0.3 is 5.11 Å². The van der Waals surface area contributed by atoms with Crippen molar-refractivity contribution in [3.63, 3.8) is 0 Å². The molecular formula is C24H18FNO3. The van der Waals surface area contributed by atoms with Gasteiger partial charge in [-0.3, -0.25) is 14.5 Å². The normalized spacial score (nSPS) is 18.3. The van der Waals surface area contributed by atoms with Crippen LogP contribution in [0.2, 0.25) is 0 Å². The second-order valence-corrected chi connectivity index (χ2v) is 6.84. The predicted octanol–water partition coefficient (Wildman–Crippen LogP) is 4.76. The Labute approximate surface area is 167 Å². The van der Waals surface area contributed by atoms with Gasteiger partial charge in [0, 0.05) is 16.8 Å². The smallest absolute Gasteiger partial charge is 0.300 e. The van der Waals surface area contributed by atoms with E-state index < -0.39 is 23.5 Å². The number of benzene rings is 3. The molecule has 3 aromatic carbocycles. The maximum absolute atomic E-state index is 14.8. The van der Waals surface area contributed by atoms with Crippen LogP contribution in [0.5, 0.6) is 0 Å². The summed E-state index contributed by atoms with van der Waals surface area (Å²) in [7, 11) is 0. The molecule has 1 unspecified atom stereocenters. The van der Waals surface area contributed by atoms with Gasteiger partial charge in [0.15, 0.2) is 0 Å². The zero-order chi connectivity index (χ0) is 20.5. The number of aliphatic hydroxyl groups is 1. The Morgan fingerprint density at radius 3 is 2.21 bits per heavy atom. The quantitative estimate of drug-likeness (QED) is 0.400. The van der Waals surface area contributed by atoms with Crippen LogP contribution >= 0.6 is 0 Å². The molecule has 0 radical (unpaired) electrons. The monoisotopic (exact) mass is 387 g/mol. The third-order valence-electron chi connectivity index (χ3n) is 5.07. The van der Waals surface area contributed by atoms with E-state index >= 15 is 0 Å². The SMILES string of the molecule is Cc1ccccc1N1C(=O)C(=O)/C(=C(\O)c2ccccc2)C1c1ccccc1F. The molecule has 1 atom stereocenters. The minimum atomic E-state index is -1.07. The van der Waals surface area contributed by atoms with Crippen molar-refractivity contribution in [3.05, 3.63) is 107 Å². The number of hydrogen-bond acceptors (Lipinski definition) is 3. The lowest BCUT2D eigenvalue weighted by Gasteiger charge is -2.27. The van der Waals surface area contributed by atoms with Crippen LogP contribution in [0.15, 0.2) is 84.4 Å². The Bertz CT molecular complexity index is 1140. The summed E-state index contributed by atoms with van der Waals surface area (Å²) in [5.41, 5.74) is 1.66. The molecule has 4 rings (SSSR count). The van der Waals surface area contributed by atoms with Crippen LogP contribution in [0.1, 0.15) is 22.7 Å². The summed E-state index contributed by atoms with van der Waals surface area (Å²) in [6, 6.07) is 20.4. The van der Waals surface area contributed by atoms with Crippen molar-refractivity contribution in [1.29, 1.82) is 0 Å². The molecule has 5 heteroatoms. The Kier molecular flexibility index (Phi) is 4.72. The summed E-state index contributed by atoms with van der Waals surface area (Å²) in [5.74, 6) is -2.53. The molecule has 4 nitrogen and oxygen atoms in total. The molecular weight excluding hydrogens is 369 g/mol. The molecule has 1 aliphatic heterocycles. The van der Waals surface area contributed by atoms with Crippen molar-refractivity contribution >= 4 is 23.1 Å². The Balaban J connectivity index is 2.01. The number of ketones is 1. The largest absolute Gasteiger partial charge is 0.507 e. The standard InChI is InChI=1S/C24H18FNO3/c1-15-9-5-8-14-19(15)26-21(17-12-6-7-13-18(17)25)20(23(28)24(26)29)22(27)16-10-3-2-4-11-16/h2-14,21,27H,1H3/b22-20-. The van der Waals surface area contributed by atoms with Crippen molar-refractivity contribution in [3.8, 4) is 0 Å². The van der Waals surface area contributed by atoms with Crippen LogP contribution in [-0.4, -0.2) is 16.8 Å². The molecule has 0 spiro atoms. The maximum atomic E-state index is 14.8. The van der Waals surface area contributed by atoms with Crippen molar-refractivity contribution in [2.24, 2.45) is 0 Å². The summed E-state index contributed by atoms with van der Waals surface area (Å²) in [4.78, 5) is 27.3. The van der Waals surface area contributed by atoms with E-state index in [4.69, 9.17) is 0 Å². The predicted molar refractivity (Wildman–Crippen MR) is 109 cm³/mol. The van der Waals surface area contributed by atoms with Gasteiger partial charge >= 0.3 is 0 Å². The number of Topliss-reactive ketones (excluding diaryl/α,β-unsaturated/α-hetero) is 1. The molecule has 1 fully saturated rings. The fourth-order valence-electron chi connectivity index (χ4n) is 3.66. The van der Waals surface area contributed by atoms with Gasteiger partial charge in [0.1, 0.15) is 11.6 Å². The van der Waals surface area contributed by atoms with Crippen molar-refractivity contribution in [2.45, 2.75) is 13.0 Å². The van der Waals surface area contributed by atoms with Crippen LogP contribution in [-0.2, 0) is 9.59 Å². The van der Waals surface area contributed by atoms with E-state index in [0.717, 1.165) is 5.56 Å². The van der Waals surface area contributed by atoms with E-state index in [2.05, 4.69) is 0 Å². The van der Waals surface area contributed by atoms with E-state index in [1.54, 1.807) is 48.5 Å². The third-order valence-corrected chi connectivity index (χ3v) is 5.07. The fraction of sp³-hybridized carbons (Fsp3) is 0.0833. The minimum Gasteiger partial charge on any atom is -0.507 e. The number of carbonyl (C=O) groups is 2. The van der Waals surface area contributed by atoms with E-state index in [-0.39, 0.29) is 16.9 Å². The summed E-state index contributed by atoms with van der Waals surface area (Å²) in [6.45, 7) is 1.81. The first-order valence-electron chi connectivity index (χ1n) is 9.17. The van der Waals surface area contributed by atoms with Gasteiger partial charge in [-0.05, 0) is 24.6 Å². The van der Waals surface area contributed by atoms with Gasteiger partial charge in [-0.25, -0.2) is 4.39 Å². The number of aryl methyl sites for hydroxylation is 1. The van der Waals surface area contributed by atoms with Gasteiger partial charge in [-0.2, -0.15) is 0 Å². The van der Waals surface area contributed by atoms with Gasteiger partial charge in [-0.1, -0.05) is 66.7 Å². The second-order valence-electron chi connectivity index (χ2n) is 6.84. The van der Waals surface area contributed by atoms with Crippen LogP contribution in [0.3, 0.4) is 0 Å². The minimum absolute atomic E-state index is 0.130. The molecule has 3 aromatic rings. The number of rotatable bonds is 3. The third kappa shape index (κ3) is 3.10. The molecule has 0 aliphatic carbocycles. The average Bonchev–Trinajstić information content (AvgIpc) is 2.99.